The molecule has 6 nitrogen and oxygen atoms in total. The van der Waals surface area contributed by atoms with Crippen molar-refractivity contribution in [3.8, 4) is 0 Å². The molecule has 15 heavy (non-hydrogen) atoms. The van der Waals surface area contributed by atoms with Crippen LogP contribution in [0.4, 0.5) is 0 Å². The van der Waals surface area contributed by atoms with Gasteiger partial charge in [0.1, 0.15) is 6.04 Å². The van der Waals surface area contributed by atoms with Crippen molar-refractivity contribution in [3.05, 3.63) is 0 Å². The van der Waals surface area contributed by atoms with Gasteiger partial charge in [-0.05, 0) is 6.42 Å². The lowest BCUT2D eigenvalue weighted by atomic mass is 9.89. The molecule has 0 aromatic heterocycles. The lowest BCUT2D eigenvalue weighted by Gasteiger charge is -2.26. The van der Waals surface area contributed by atoms with E-state index in [1.54, 1.807) is 0 Å². The summed E-state index contributed by atoms with van der Waals surface area (Å²) >= 11 is 0. The molecular weight excluding hydrogens is 200 g/mol. The molecule has 0 rings (SSSR count). The van der Waals surface area contributed by atoms with Crippen LogP contribution >= 0.6 is 0 Å². The van der Waals surface area contributed by atoms with Gasteiger partial charge in [-0.25, -0.2) is 0 Å². The second-order valence-electron chi connectivity index (χ2n) is 3.38. The Morgan fingerprint density at radius 3 is 2.27 bits per heavy atom. The molecule has 0 saturated carbocycles. The number of methoxy groups -OCH3 is 1. The highest BCUT2D eigenvalue weighted by molar-refractivity contribution is 5.78. The van der Waals surface area contributed by atoms with E-state index >= 15 is 0 Å². The third kappa shape index (κ3) is 4.26. The monoisotopic (exact) mass is 218 g/mol. The van der Waals surface area contributed by atoms with Gasteiger partial charge >= 0.3 is 5.97 Å². The van der Waals surface area contributed by atoms with Crippen LogP contribution < -0.4 is 11.5 Å². The predicted octanol–water partition coefficient (Wildman–Crippen LogP) is -0.685. The Labute approximate surface area is 88.6 Å². The number of primary amides is 1. The van der Waals surface area contributed by atoms with E-state index in [4.69, 9.17) is 21.3 Å². The number of hydrogen-bond acceptors (Lipinski definition) is 4. The molecule has 0 aliphatic rings. The van der Waals surface area contributed by atoms with Gasteiger partial charge in [0.05, 0.1) is 6.10 Å². The molecule has 0 aromatic rings. The van der Waals surface area contributed by atoms with E-state index in [1.165, 1.54) is 7.11 Å². The van der Waals surface area contributed by atoms with E-state index in [2.05, 4.69) is 0 Å². The second-order valence-corrected chi connectivity index (χ2v) is 3.38. The minimum Gasteiger partial charge on any atom is -0.480 e. The first-order valence-electron chi connectivity index (χ1n) is 4.73. The Kier molecular flexibility index (Phi) is 5.88. The molecule has 6 heteroatoms. The number of amides is 1. The molecule has 0 saturated heterocycles. The van der Waals surface area contributed by atoms with Crippen LogP contribution in [0.15, 0.2) is 0 Å². The molecule has 0 bridgehead atoms. The van der Waals surface area contributed by atoms with Gasteiger partial charge in [-0.1, -0.05) is 6.92 Å². The van der Waals surface area contributed by atoms with Crippen molar-refractivity contribution in [2.24, 2.45) is 17.4 Å². The fourth-order valence-corrected chi connectivity index (χ4v) is 1.55. The Morgan fingerprint density at radius 1 is 1.47 bits per heavy atom. The maximum Gasteiger partial charge on any atom is 0.320 e. The van der Waals surface area contributed by atoms with Gasteiger partial charge in [-0.2, -0.15) is 0 Å². The Morgan fingerprint density at radius 2 is 2.00 bits per heavy atom. The molecule has 0 radical (unpaired) electrons. The van der Waals surface area contributed by atoms with Crippen LogP contribution in [-0.2, 0) is 14.3 Å². The topological polar surface area (TPSA) is 116 Å². The fraction of sp³-hybridized carbons (Fsp3) is 0.778. The average Bonchev–Trinajstić information content (AvgIpc) is 2.16. The van der Waals surface area contributed by atoms with E-state index in [9.17, 15) is 9.59 Å². The zero-order valence-corrected chi connectivity index (χ0v) is 8.97. The Hall–Kier alpha value is -1.14. The molecule has 3 unspecified atom stereocenters. The number of aliphatic carboxylic acids is 1. The zero-order chi connectivity index (χ0) is 12.0. The average molecular weight is 218 g/mol. The van der Waals surface area contributed by atoms with Crippen LogP contribution in [0.25, 0.3) is 0 Å². The molecular formula is C9H18N2O4. The number of nitrogens with two attached hydrogens (primary N) is 2. The normalized spacial score (nSPS) is 16.7. The van der Waals surface area contributed by atoms with Gasteiger partial charge in [-0.15, -0.1) is 0 Å². The van der Waals surface area contributed by atoms with E-state index in [0.717, 1.165) is 0 Å². The summed E-state index contributed by atoms with van der Waals surface area (Å²) in [4.78, 5) is 21.5. The number of carbonyl (C=O) groups excluding carboxylic acids is 1. The fourth-order valence-electron chi connectivity index (χ4n) is 1.55. The summed E-state index contributed by atoms with van der Waals surface area (Å²) in [6.07, 6.45) is 0.124. The van der Waals surface area contributed by atoms with E-state index in [1.807, 2.05) is 6.92 Å². The van der Waals surface area contributed by atoms with E-state index < -0.39 is 23.8 Å². The minimum atomic E-state index is -1.16. The maximum atomic E-state index is 10.8. The summed E-state index contributed by atoms with van der Waals surface area (Å²) in [6, 6.07) is -1.14. The summed E-state index contributed by atoms with van der Waals surface area (Å²) in [5.41, 5.74) is 10.5. The number of carboxylic acids is 1. The van der Waals surface area contributed by atoms with Crippen LogP contribution in [0.3, 0.4) is 0 Å². The van der Waals surface area contributed by atoms with Crippen LogP contribution in [0.1, 0.15) is 19.8 Å². The molecule has 5 N–H and O–H groups in total. The van der Waals surface area contributed by atoms with Crippen LogP contribution in [0.2, 0.25) is 0 Å². The SMILES string of the molecule is CCC(OC)C(CC(N)=O)C(N)C(=O)O. The van der Waals surface area contributed by atoms with Crippen LogP contribution in [0, 0.1) is 5.92 Å². The standard InChI is InChI=1S/C9H18N2O4/c1-3-6(15-2)5(4-7(10)12)8(11)9(13)14/h5-6,8H,3-4,11H2,1-2H3,(H2,10,12)(H,13,14). The Bertz CT molecular complexity index is 228. The molecule has 88 valence electrons. The largest absolute Gasteiger partial charge is 0.480 e. The number of ether oxygens (including phenoxy) is 1. The van der Waals surface area contributed by atoms with Crippen molar-refractivity contribution in [2.45, 2.75) is 31.9 Å². The summed E-state index contributed by atoms with van der Waals surface area (Å²) in [5.74, 6) is -2.32. The lowest BCUT2D eigenvalue weighted by molar-refractivity contribution is -0.142. The smallest absolute Gasteiger partial charge is 0.320 e. The number of rotatable bonds is 7. The first-order valence-corrected chi connectivity index (χ1v) is 4.73. The molecule has 0 aliphatic carbocycles. The molecule has 0 fully saturated rings. The van der Waals surface area contributed by atoms with Gasteiger partial charge in [-0.3, -0.25) is 9.59 Å². The molecule has 0 heterocycles. The molecule has 1 amide bonds. The van der Waals surface area contributed by atoms with Crippen molar-refractivity contribution in [3.63, 3.8) is 0 Å². The van der Waals surface area contributed by atoms with Gasteiger partial charge in [0.25, 0.3) is 0 Å². The van der Waals surface area contributed by atoms with Crippen LogP contribution in [-0.4, -0.2) is 36.2 Å². The third-order valence-electron chi connectivity index (χ3n) is 2.37. The second kappa shape index (κ2) is 6.36. The molecule has 0 spiro atoms. The summed E-state index contributed by atoms with van der Waals surface area (Å²) < 4.78 is 5.08. The quantitative estimate of drug-likeness (QED) is 0.523. The highest BCUT2D eigenvalue weighted by atomic mass is 16.5. The van der Waals surface area contributed by atoms with E-state index in [-0.39, 0.29) is 12.5 Å². The molecule has 0 aliphatic heterocycles. The van der Waals surface area contributed by atoms with Crippen molar-refractivity contribution in [1.29, 1.82) is 0 Å². The summed E-state index contributed by atoms with van der Waals surface area (Å²) in [5, 5.41) is 8.77. The van der Waals surface area contributed by atoms with Gasteiger partial charge < -0.3 is 21.3 Å². The summed E-state index contributed by atoms with van der Waals surface area (Å²) in [6.45, 7) is 1.83. The van der Waals surface area contributed by atoms with Crippen molar-refractivity contribution < 1.29 is 19.4 Å². The lowest BCUT2D eigenvalue weighted by Crippen LogP contribution is -2.45. The molecule has 0 aromatic carbocycles. The van der Waals surface area contributed by atoms with Gasteiger partial charge in [0.15, 0.2) is 0 Å². The highest BCUT2D eigenvalue weighted by Gasteiger charge is 2.32. The number of hydrogen-bond donors (Lipinski definition) is 3. The molecule has 3 atom stereocenters. The predicted molar refractivity (Wildman–Crippen MR) is 54.0 cm³/mol. The Balaban J connectivity index is 4.69. The minimum absolute atomic E-state index is 0.0835. The number of carbonyl (C=O) groups is 2. The third-order valence-corrected chi connectivity index (χ3v) is 2.37. The number of carboxylic acid groups (broad SMARTS) is 1. The van der Waals surface area contributed by atoms with Crippen LogP contribution in [0.5, 0.6) is 0 Å². The van der Waals surface area contributed by atoms with Crippen molar-refractivity contribution in [2.75, 3.05) is 7.11 Å². The first-order chi connectivity index (χ1) is 6.93. The highest BCUT2D eigenvalue weighted by Crippen LogP contribution is 2.18. The summed E-state index contributed by atoms with van der Waals surface area (Å²) in [7, 11) is 1.46. The van der Waals surface area contributed by atoms with Gasteiger partial charge in [0, 0.05) is 19.4 Å². The van der Waals surface area contributed by atoms with Crippen molar-refractivity contribution in [1.82, 2.24) is 0 Å². The zero-order valence-electron chi connectivity index (χ0n) is 8.97. The van der Waals surface area contributed by atoms with Gasteiger partial charge in [0.2, 0.25) is 5.91 Å². The van der Waals surface area contributed by atoms with Crippen molar-refractivity contribution >= 4 is 11.9 Å². The van der Waals surface area contributed by atoms with E-state index in [0.29, 0.717) is 6.42 Å². The maximum absolute atomic E-state index is 10.8. The first kappa shape index (κ1) is 13.9.